The fraction of sp³-hybridized carbons (Fsp3) is 0.290. The van der Waals surface area contributed by atoms with Gasteiger partial charge in [0, 0.05) is 24.6 Å². The second-order valence-electron chi connectivity index (χ2n) is 10.1. The molecule has 0 saturated carbocycles. The quantitative estimate of drug-likeness (QED) is 0.150. The lowest BCUT2D eigenvalue weighted by Gasteiger charge is -2.41. The first-order valence-corrected chi connectivity index (χ1v) is 13.3. The highest BCUT2D eigenvalue weighted by molar-refractivity contribution is 6.28. The second-order valence-corrected chi connectivity index (χ2v) is 10.1. The van der Waals surface area contributed by atoms with E-state index >= 15 is 0 Å². The van der Waals surface area contributed by atoms with Crippen molar-refractivity contribution in [2.24, 2.45) is 0 Å². The number of amides is 2. The molecule has 0 aromatic heterocycles. The van der Waals surface area contributed by atoms with E-state index in [0.717, 1.165) is 35.9 Å². The van der Waals surface area contributed by atoms with E-state index < -0.39 is 53.9 Å². The number of anilines is 1. The second kappa shape index (κ2) is 12.6. The van der Waals surface area contributed by atoms with E-state index in [9.17, 15) is 40.3 Å². The number of rotatable bonds is 9. The summed E-state index contributed by atoms with van der Waals surface area (Å²) in [6.07, 6.45) is -11.7. The lowest BCUT2D eigenvalue weighted by molar-refractivity contribution is -0.201. The topological polar surface area (TPSA) is 76.7 Å². The third kappa shape index (κ3) is 7.14. The maximum Gasteiger partial charge on any atom is 0.416 e. The molecule has 3 aromatic carbocycles. The zero-order valence-electron chi connectivity index (χ0n) is 23.5. The largest absolute Gasteiger partial charge is 0.494 e. The van der Waals surface area contributed by atoms with Gasteiger partial charge in [-0.15, -0.1) is 0 Å². The number of hydrogen-bond acceptors (Lipinski definition) is 4. The van der Waals surface area contributed by atoms with E-state index in [0.29, 0.717) is 0 Å². The van der Waals surface area contributed by atoms with Crippen molar-refractivity contribution in [1.82, 2.24) is 5.32 Å². The van der Waals surface area contributed by atoms with Gasteiger partial charge in [-0.25, -0.2) is 4.39 Å². The van der Waals surface area contributed by atoms with Crippen LogP contribution in [0.2, 0.25) is 0 Å². The lowest BCUT2D eigenvalue weighted by atomic mass is 9.76. The number of ether oxygens (including phenoxy) is 2. The minimum Gasteiger partial charge on any atom is -0.494 e. The van der Waals surface area contributed by atoms with E-state index in [2.05, 4.69) is 5.32 Å². The Labute approximate surface area is 247 Å². The van der Waals surface area contributed by atoms with Gasteiger partial charge in [-0.3, -0.25) is 9.59 Å². The third-order valence-electron chi connectivity index (χ3n) is 7.04. The van der Waals surface area contributed by atoms with Crippen LogP contribution < -0.4 is 20.1 Å². The molecule has 1 unspecified atom stereocenters. The molecule has 4 rings (SSSR count). The molecule has 44 heavy (non-hydrogen) atoms. The summed E-state index contributed by atoms with van der Waals surface area (Å²) >= 11 is 0. The van der Waals surface area contributed by atoms with Gasteiger partial charge in [0.25, 0.3) is 11.8 Å². The number of hydrogen-bond donors (Lipinski definition) is 2. The summed E-state index contributed by atoms with van der Waals surface area (Å²) in [5.74, 6) is -3.25. The first kappa shape index (κ1) is 32.4. The fourth-order valence-electron chi connectivity index (χ4n) is 4.78. The lowest BCUT2D eigenvalue weighted by Crippen LogP contribution is -2.59. The van der Waals surface area contributed by atoms with Crippen LogP contribution in [0.3, 0.4) is 0 Å². The maximum absolute atomic E-state index is 14.9. The van der Waals surface area contributed by atoms with Gasteiger partial charge in [0.2, 0.25) is 0 Å². The number of alkyl halides is 6. The van der Waals surface area contributed by atoms with Gasteiger partial charge in [0.05, 0.1) is 13.7 Å². The zero-order chi connectivity index (χ0) is 32.3. The van der Waals surface area contributed by atoms with Gasteiger partial charge >= 0.3 is 12.4 Å². The number of carbonyl (C=O) groups is 2. The fourth-order valence-corrected chi connectivity index (χ4v) is 4.78. The van der Waals surface area contributed by atoms with Crippen molar-refractivity contribution in [2.45, 2.75) is 44.1 Å². The molecule has 1 heterocycles. The summed E-state index contributed by atoms with van der Waals surface area (Å²) < 4.78 is 106. The molecule has 13 heteroatoms. The highest BCUT2D eigenvalue weighted by atomic mass is 19.4. The van der Waals surface area contributed by atoms with Crippen LogP contribution in [0.1, 0.15) is 36.0 Å². The van der Waals surface area contributed by atoms with Crippen LogP contribution >= 0.6 is 0 Å². The molecule has 1 aliphatic heterocycles. The summed E-state index contributed by atoms with van der Waals surface area (Å²) in [5.41, 5.74) is -3.25. The summed E-state index contributed by atoms with van der Waals surface area (Å²) in [5, 5.41) is 4.36. The molecule has 234 valence electrons. The normalized spacial score (nSPS) is 17.2. The molecule has 0 bridgehead atoms. The Morgan fingerprint density at radius 3 is 2.20 bits per heavy atom. The number of carbonyl (C=O) groups excluding carboxylic acids is 2. The molecule has 6 nitrogen and oxygen atoms in total. The molecule has 0 aliphatic carbocycles. The minimum atomic E-state index is -5.06. The van der Waals surface area contributed by atoms with Gasteiger partial charge in [-0.2, -0.15) is 26.3 Å². The van der Waals surface area contributed by atoms with Crippen LogP contribution in [0.5, 0.6) is 11.5 Å². The summed E-state index contributed by atoms with van der Waals surface area (Å²) in [4.78, 5) is 26.8. The molecule has 2 amide bonds. The van der Waals surface area contributed by atoms with Crippen LogP contribution in [-0.2, 0) is 15.1 Å². The highest BCUT2D eigenvalue weighted by Gasteiger charge is 2.60. The Morgan fingerprint density at radius 1 is 0.977 bits per heavy atom. The van der Waals surface area contributed by atoms with Gasteiger partial charge in [-0.1, -0.05) is 42.0 Å². The van der Waals surface area contributed by atoms with Crippen molar-refractivity contribution >= 4 is 23.1 Å². The Balaban J connectivity index is 1.72. The van der Waals surface area contributed by atoms with Gasteiger partial charge in [-0.05, 0) is 54.3 Å². The number of nitrogens with one attached hydrogen (secondary N) is 2. The number of halogens is 7. The molecule has 1 atom stereocenters. The molecule has 0 radical (unpaired) electrons. The van der Waals surface area contributed by atoms with Crippen molar-refractivity contribution in [3.63, 3.8) is 0 Å². The van der Waals surface area contributed by atoms with Crippen molar-refractivity contribution < 1.29 is 49.8 Å². The first-order chi connectivity index (χ1) is 20.6. The molecule has 0 spiro atoms. The molecule has 2 N–H and O–H groups in total. The number of benzene rings is 3. The predicted molar refractivity (Wildman–Crippen MR) is 147 cm³/mol. The molecule has 1 aliphatic rings. The Bertz CT molecular complexity index is 1550. The SMILES string of the molecule is COc1ccc(NC(=O)C2=C(c3ccc(C)cc3)CC(c3ccc(OCCCC(F)(F)F)cc3)(C(F)(F)F)NC2=O)cc1F. The van der Waals surface area contributed by atoms with E-state index in [1.165, 1.54) is 31.4 Å². The van der Waals surface area contributed by atoms with Crippen molar-refractivity contribution in [2.75, 3.05) is 19.0 Å². The third-order valence-corrected chi connectivity index (χ3v) is 7.04. The minimum absolute atomic E-state index is 0.0384. The molecular formula is C31H27F7N2O4. The van der Waals surface area contributed by atoms with Gasteiger partial charge in [0.1, 0.15) is 11.3 Å². The summed E-state index contributed by atoms with van der Waals surface area (Å²) in [6.45, 7) is 1.45. The summed E-state index contributed by atoms with van der Waals surface area (Å²) in [6, 6.07) is 14.1. The average Bonchev–Trinajstić information content (AvgIpc) is 2.94. The molecule has 3 aromatic rings. The number of aryl methyl sites for hydroxylation is 1. The smallest absolute Gasteiger partial charge is 0.416 e. The Kier molecular flexibility index (Phi) is 9.26. The van der Waals surface area contributed by atoms with Crippen molar-refractivity contribution in [3.8, 4) is 11.5 Å². The van der Waals surface area contributed by atoms with E-state index in [4.69, 9.17) is 9.47 Å². The Hall–Kier alpha value is -4.55. The molecular weight excluding hydrogens is 597 g/mol. The standard InChI is InChI=1S/C31H27F7N2O4/c1-18-4-6-19(7-5-18)23-17-29(31(36,37)38,20-8-11-22(12-9-20)44-15-3-14-30(33,34)35)40-28(42)26(23)27(41)39-21-10-13-25(43-2)24(32)16-21/h4-13,16H,3,14-15,17H2,1-2H3,(H,39,41)(H,40,42). The van der Waals surface area contributed by atoms with Crippen molar-refractivity contribution in [3.05, 3.63) is 94.8 Å². The maximum atomic E-state index is 14.9. The van der Waals surface area contributed by atoms with Crippen LogP contribution in [0.15, 0.2) is 72.3 Å². The average molecular weight is 625 g/mol. The summed E-state index contributed by atoms with van der Waals surface area (Å²) in [7, 11) is 1.24. The van der Waals surface area contributed by atoms with Crippen LogP contribution in [0, 0.1) is 12.7 Å². The predicted octanol–water partition coefficient (Wildman–Crippen LogP) is 7.23. The van der Waals surface area contributed by atoms with E-state index in [1.807, 2.05) is 5.32 Å². The first-order valence-electron chi connectivity index (χ1n) is 13.3. The van der Waals surface area contributed by atoms with E-state index in [1.54, 1.807) is 19.1 Å². The molecule has 0 saturated heterocycles. The Morgan fingerprint density at radius 2 is 1.64 bits per heavy atom. The zero-order valence-corrected chi connectivity index (χ0v) is 23.5. The van der Waals surface area contributed by atoms with Crippen LogP contribution in [0.4, 0.5) is 36.4 Å². The number of methoxy groups -OCH3 is 1. The monoisotopic (exact) mass is 624 g/mol. The molecule has 0 fully saturated rings. The highest BCUT2D eigenvalue weighted by Crippen LogP contribution is 2.48. The van der Waals surface area contributed by atoms with Crippen LogP contribution in [-0.4, -0.2) is 37.9 Å². The van der Waals surface area contributed by atoms with Gasteiger partial charge < -0.3 is 20.1 Å². The van der Waals surface area contributed by atoms with Crippen LogP contribution in [0.25, 0.3) is 5.57 Å². The van der Waals surface area contributed by atoms with E-state index in [-0.39, 0.29) is 46.9 Å². The van der Waals surface area contributed by atoms with Crippen molar-refractivity contribution in [1.29, 1.82) is 0 Å². The van der Waals surface area contributed by atoms with Gasteiger partial charge in [0.15, 0.2) is 17.1 Å².